The molecule has 2 aliphatic rings. The van der Waals surface area contributed by atoms with Gasteiger partial charge in [0.05, 0.1) is 31.0 Å². The van der Waals surface area contributed by atoms with E-state index in [1.54, 1.807) is 47.7 Å². The van der Waals surface area contributed by atoms with Crippen molar-refractivity contribution in [3.8, 4) is 11.5 Å². The summed E-state index contributed by atoms with van der Waals surface area (Å²) in [6, 6.07) is 17.6. The molecule has 0 radical (unpaired) electrons. The van der Waals surface area contributed by atoms with Gasteiger partial charge in [0.15, 0.2) is 11.5 Å². The first-order valence-corrected chi connectivity index (χ1v) is 14.6. The highest BCUT2D eigenvalue weighted by Crippen LogP contribution is 2.33. The quantitative estimate of drug-likeness (QED) is 0.285. The van der Waals surface area contributed by atoms with Gasteiger partial charge < -0.3 is 23.5 Å². The van der Waals surface area contributed by atoms with Crippen LogP contribution in [0.5, 0.6) is 11.5 Å². The molecular formula is C29H29N3O7S. The summed E-state index contributed by atoms with van der Waals surface area (Å²) in [6.45, 7) is 0.806. The van der Waals surface area contributed by atoms with Gasteiger partial charge in [0.2, 0.25) is 22.7 Å². The second-order valence-electron chi connectivity index (χ2n) is 9.78. The van der Waals surface area contributed by atoms with E-state index in [1.165, 1.54) is 10.4 Å². The number of amides is 1. The number of sulfonamides is 1. The highest BCUT2D eigenvalue weighted by molar-refractivity contribution is 7.89. The van der Waals surface area contributed by atoms with E-state index >= 15 is 0 Å². The zero-order valence-electron chi connectivity index (χ0n) is 21.8. The van der Waals surface area contributed by atoms with Crippen LogP contribution in [0.4, 0.5) is 0 Å². The van der Waals surface area contributed by atoms with Crippen molar-refractivity contribution in [1.29, 1.82) is 0 Å². The van der Waals surface area contributed by atoms with Crippen LogP contribution in [0, 0.1) is 0 Å². The van der Waals surface area contributed by atoms with Crippen molar-refractivity contribution < 1.29 is 31.8 Å². The number of hydrogen-bond donors (Lipinski definition) is 0. The first-order chi connectivity index (χ1) is 19.5. The molecule has 1 saturated heterocycles. The smallest absolute Gasteiger partial charge is 0.245 e. The molecule has 4 heterocycles. The zero-order valence-corrected chi connectivity index (χ0v) is 22.6. The minimum absolute atomic E-state index is 0.0600. The molecule has 1 atom stereocenters. The van der Waals surface area contributed by atoms with Crippen LogP contribution in [0.2, 0.25) is 0 Å². The Morgan fingerprint density at radius 2 is 1.88 bits per heavy atom. The summed E-state index contributed by atoms with van der Waals surface area (Å²) in [7, 11) is -4.10. The van der Waals surface area contributed by atoms with E-state index in [-0.39, 0.29) is 49.9 Å². The molecular weight excluding hydrogens is 534 g/mol. The highest BCUT2D eigenvalue weighted by Gasteiger charge is 2.33. The monoisotopic (exact) mass is 563 g/mol. The SMILES string of the molecule is O=C(CN(CC1CCCO1)S(=O)(=O)c1cccc2cccnc12)N(Cc1ccc2c(c1)OCO2)Cc1ccco1. The minimum Gasteiger partial charge on any atom is -0.467 e. The van der Waals surface area contributed by atoms with Crippen molar-refractivity contribution in [2.24, 2.45) is 0 Å². The number of ether oxygens (including phenoxy) is 3. The molecule has 4 aromatic rings. The Kier molecular flexibility index (Phi) is 7.42. The minimum atomic E-state index is -4.10. The first kappa shape index (κ1) is 26.3. The Balaban J connectivity index is 1.31. The van der Waals surface area contributed by atoms with Gasteiger partial charge in [0.25, 0.3) is 0 Å². The molecule has 1 fully saturated rings. The van der Waals surface area contributed by atoms with Gasteiger partial charge in [-0.2, -0.15) is 4.31 Å². The molecule has 0 bridgehead atoms. The second kappa shape index (κ2) is 11.3. The van der Waals surface area contributed by atoms with Gasteiger partial charge in [-0.15, -0.1) is 0 Å². The predicted octanol–water partition coefficient (Wildman–Crippen LogP) is 3.96. The largest absolute Gasteiger partial charge is 0.467 e. The van der Waals surface area contributed by atoms with E-state index in [9.17, 15) is 13.2 Å². The summed E-state index contributed by atoms with van der Waals surface area (Å²) < 4.78 is 51.7. The van der Waals surface area contributed by atoms with Crippen LogP contribution < -0.4 is 9.47 Å². The van der Waals surface area contributed by atoms with Crippen molar-refractivity contribution in [3.05, 3.63) is 84.4 Å². The van der Waals surface area contributed by atoms with E-state index in [0.717, 1.165) is 18.4 Å². The van der Waals surface area contributed by atoms with E-state index < -0.39 is 10.0 Å². The fraction of sp³-hybridized carbons (Fsp3) is 0.310. The lowest BCUT2D eigenvalue weighted by molar-refractivity contribution is -0.133. The number of para-hydroxylation sites is 1. The Bertz CT molecular complexity index is 1600. The third-order valence-electron chi connectivity index (χ3n) is 7.05. The maximum Gasteiger partial charge on any atom is 0.245 e. The van der Waals surface area contributed by atoms with Crippen molar-refractivity contribution in [3.63, 3.8) is 0 Å². The number of fused-ring (bicyclic) bond motifs is 2. The average Bonchev–Trinajstić information content (AvgIpc) is 3.75. The van der Waals surface area contributed by atoms with Crippen LogP contribution in [0.1, 0.15) is 24.2 Å². The predicted molar refractivity (Wildman–Crippen MR) is 145 cm³/mol. The summed E-state index contributed by atoms with van der Waals surface area (Å²) in [6.07, 6.45) is 4.38. The molecule has 2 aromatic carbocycles. The second-order valence-corrected chi connectivity index (χ2v) is 11.7. The lowest BCUT2D eigenvalue weighted by Gasteiger charge is -2.28. The average molecular weight is 564 g/mol. The molecule has 6 rings (SSSR count). The molecule has 1 amide bonds. The van der Waals surface area contributed by atoms with Gasteiger partial charge >= 0.3 is 0 Å². The van der Waals surface area contributed by atoms with Crippen LogP contribution in [-0.2, 0) is 32.6 Å². The number of benzene rings is 2. The molecule has 11 heteroatoms. The molecule has 0 saturated carbocycles. The first-order valence-electron chi connectivity index (χ1n) is 13.1. The summed E-state index contributed by atoms with van der Waals surface area (Å²) in [5.74, 6) is 1.46. The molecule has 1 unspecified atom stereocenters. The molecule has 0 spiro atoms. The number of nitrogens with zero attached hydrogens (tertiary/aromatic N) is 3. The summed E-state index contributed by atoms with van der Waals surface area (Å²) >= 11 is 0. The van der Waals surface area contributed by atoms with Crippen molar-refractivity contribution >= 4 is 26.8 Å². The number of furan rings is 1. The number of hydrogen-bond acceptors (Lipinski definition) is 8. The fourth-order valence-electron chi connectivity index (χ4n) is 5.02. The van der Waals surface area contributed by atoms with Crippen molar-refractivity contribution in [1.82, 2.24) is 14.2 Å². The lowest BCUT2D eigenvalue weighted by atomic mass is 10.2. The standard InChI is InChI=1S/C29H29N3O7S/c33-28(31(17-23-7-3-13-36-23)16-21-10-11-25-26(15-21)39-20-38-25)19-32(18-24-8-4-14-37-24)40(34,35)27-9-1-5-22-6-2-12-30-29(22)27/h1-3,5-7,9-13,15,24H,4,8,14,16-20H2. The summed E-state index contributed by atoms with van der Waals surface area (Å²) in [5.41, 5.74) is 1.18. The Hall–Kier alpha value is -3.93. The highest BCUT2D eigenvalue weighted by atomic mass is 32.2. The van der Waals surface area contributed by atoms with Gasteiger partial charge in [0.1, 0.15) is 10.7 Å². The maximum atomic E-state index is 14.1. The third kappa shape index (κ3) is 5.53. The number of aromatic nitrogens is 1. The van der Waals surface area contributed by atoms with Crippen LogP contribution in [-0.4, -0.2) is 61.1 Å². The zero-order chi connectivity index (χ0) is 27.5. The Morgan fingerprint density at radius 1 is 1.00 bits per heavy atom. The van der Waals surface area contributed by atoms with E-state index in [0.29, 0.717) is 34.8 Å². The van der Waals surface area contributed by atoms with Crippen molar-refractivity contribution in [2.45, 2.75) is 36.9 Å². The maximum absolute atomic E-state index is 14.1. The van der Waals surface area contributed by atoms with Gasteiger partial charge in [-0.05, 0) is 54.8 Å². The van der Waals surface area contributed by atoms with Crippen molar-refractivity contribution in [2.75, 3.05) is 26.5 Å². The van der Waals surface area contributed by atoms with E-state index in [1.807, 2.05) is 24.3 Å². The molecule has 10 nitrogen and oxygen atoms in total. The fourth-order valence-corrected chi connectivity index (χ4v) is 6.61. The van der Waals surface area contributed by atoms with Gasteiger partial charge in [0, 0.05) is 31.3 Å². The molecule has 0 N–H and O–H groups in total. The lowest BCUT2D eigenvalue weighted by Crippen LogP contribution is -2.45. The number of pyridine rings is 1. The molecule has 208 valence electrons. The normalized spacial score (nSPS) is 16.6. The number of carbonyl (C=O) groups excluding carboxylic acids is 1. The third-order valence-corrected chi connectivity index (χ3v) is 8.89. The molecule has 40 heavy (non-hydrogen) atoms. The Labute approximate surface area is 232 Å². The molecule has 0 aliphatic carbocycles. The Morgan fingerprint density at radius 3 is 2.70 bits per heavy atom. The topological polar surface area (TPSA) is 111 Å². The number of rotatable bonds is 10. The molecule has 2 aromatic heterocycles. The van der Waals surface area contributed by atoms with Gasteiger partial charge in [-0.3, -0.25) is 9.78 Å². The van der Waals surface area contributed by atoms with Crippen LogP contribution in [0.25, 0.3) is 10.9 Å². The van der Waals surface area contributed by atoms with Gasteiger partial charge in [-0.1, -0.05) is 24.3 Å². The summed E-state index contributed by atoms with van der Waals surface area (Å²) in [5, 5.41) is 0.703. The summed E-state index contributed by atoms with van der Waals surface area (Å²) in [4.78, 5) is 19.9. The van der Waals surface area contributed by atoms with E-state index in [4.69, 9.17) is 18.6 Å². The molecule has 2 aliphatic heterocycles. The van der Waals surface area contributed by atoms with Crippen LogP contribution >= 0.6 is 0 Å². The van der Waals surface area contributed by atoms with Crippen LogP contribution in [0.15, 0.2) is 82.4 Å². The van der Waals surface area contributed by atoms with Gasteiger partial charge in [-0.25, -0.2) is 8.42 Å². The van der Waals surface area contributed by atoms with E-state index in [2.05, 4.69) is 4.98 Å². The van der Waals surface area contributed by atoms with Crippen LogP contribution in [0.3, 0.4) is 0 Å². The number of carbonyl (C=O) groups is 1.